The molecule has 0 amide bonds. The second kappa shape index (κ2) is 4.43. The molecule has 0 saturated heterocycles. The molecule has 98 valence electrons. The lowest BCUT2D eigenvalue weighted by atomic mass is 10.2. The Morgan fingerprint density at radius 1 is 1.50 bits per heavy atom. The summed E-state index contributed by atoms with van der Waals surface area (Å²) in [6.07, 6.45) is -2.18. The van der Waals surface area contributed by atoms with Crippen molar-refractivity contribution in [2.45, 2.75) is 19.0 Å². The molecule has 0 aliphatic heterocycles. The van der Waals surface area contributed by atoms with E-state index >= 15 is 0 Å². The van der Waals surface area contributed by atoms with Crippen molar-refractivity contribution in [1.82, 2.24) is 9.97 Å². The van der Waals surface area contributed by atoms with Crippen LogP contribution in [0.4, 0.5) is 19.1 Å². The molecule has 0 aromatic carbocycles. The quantitative estimate of drug-likeness (QED) is 0.837. The number of halogens is 3. The number of carbonyl (C=O) groups is 1. The summed E-state index contributed by atoms with van der Waals surface area (Å²) < 4.78 is 42.7. The zero-order valence-corrected chi connectivity index (χ0v) is 9.20. The Bertz CT molecular complexity index is 472. The van der Waals surface area contributed by atoms with Crippen LogP contribution in [0.15, 0.2) is 6.20 Å². The van der Waals surface area contributed by atoms with E-state index in [0.29, 0.717) is 0 Å². The Labute approximate surface area is 100 Å². The Morgan fingerprint density at radius 3 is 2.72 bits per heavy atom. The average Bonchev–Trinajstić information content (AvgIpc) is 3.08. The summed E-state index contributed by atoms with van der Waals surface area (Å²) in [4.78, 5) is 17.9. The molecule has 1 fully saturated rings. The van der Waals surface area contributed by atoms with Gasteiger partial charge in [-0.2, -0.15) is 13.2 Å². The number of nitrogens with zero attached hydrogens (tertiary/aromatic N) is 2. The van der Waals surface area contributed by atoms with Crippen LogP contribution < -0.4 is 5.73 Å². The molecule has 1 heterocycles. The summed E-state index contributed by atoms with van der Waals surface area (Å²) in [6, 6.07) is 0. The molecule has 1 aliphatic rings. The zero-order valence-electron chi connectivity index (χ0n) is 9.20. The molecule has 8 heteroatoms. The van der Waals surface area contributed by atoms with Crippen LogP contribution in [0.5, 0.6) is 0 Å². The number of alkyl halides is 3. The highest BCUT2D eigenvalue weighted by molar-refractivity contribution is 5.90. The first kappa shape index (κ1) is 12.6. The maximum Gasteiger partial charge on any atom is 0.434 e. The third kappa shape index (κ3) is 2.88. The van der Waals surface area contributed by atoms with Crippen LogP contribution in [0.3, 0.4) is 0 Å². The molecule has 2 N–H and O–H groups in total. The fourth-order valence-electron chi connectivity index (χ4n) is 1.32. The standard InChI is InChI=1S/C10H10F3N3O2/c11-10(12,13)7-6(3-15-9(14)16-7)8(17)18-4-5-1-2-5/h3,5H,1-2,4H2,(H2,14,15,16). The van der Waals surface area contributed by atoms with Gasteiger partial charge in [0.2, 0.25) is 5.95 Å². The summed E-state index contributed by atoms with van der Waals surface area (Å²) in [6.45, 7) is 0.126. The van der Waals surface area contributed by atoms with Crippen LogP contribution in [0.1, 0.15) is 28.9 Å². The van der Waals surface area contributed by atoms with Gasteiger partial charge >= 0.3 is 12.1 Å². The van der Waals surface area contributed by atoms with Crippen LogP contribution in [0.2, 0.25) is 0 Å². The lowest BCUT2D eigenvalue weighted by Gasteiger charge is -2.11. The molecule has 1 saturated carbocycles. The molecule has 1 aromatic rings. The normalized spacial score (nSPS) is 15.5. The highest BCUT2D eigenvalue weighted by Gasteiger charge is 2.38. The van der Waals surface area contributed by atoms with Gasteiger partial charge in [-0.1, -0.05) is 0 Å². The van der Waals surface area contributed by atoms with Gasteiger partial charge in [0.25, 0.3) is 0 Å². The topological polar surface area (TPSA) is 78.1 Å². The van der Waals surface area contributed by atoms with Crippen molar-refractivity contribution < 1.29 is 22.7 Å². The molecule has 5 nitrogen and oxygen atoms in total. The van der Waals surface area contributed by atoms with E-state index in [1.807, 2.05) is 0 Å². The van der Waals surface area contributed by atoms with E-state index in [4.69, 9.17) is 10.5 Å². The van der Waals surface area contributed by atoms with Crippen molar-refractivity contribution in [3.63, 3.8) is 0 Å². The van der Waals surface area contributed by atoms with Gasteiger partial charge in [0.15, 0.2) is 5.69 Å². The maximum atomic E-state index is 12.6. The number of carbonyl (C=O) groups excluding carboxylic acids is 1. The SMILES string of the molecule is Nc1ncc(C(=O)OCC2CC2)c(C(F)(F)F)n1. The van der Waals surface area contributed by atoms with Crippen LogP contribution >= 0.6 is 0 Å². The summed E-state index contributed by atoms with van der Waals surface area (Å²) in [5.41, 5.74) is 3.01. The molecular formula is C10H10F3N3O2. The largest absolute Gasteiger partial charge is 0.462 e. The first-order valence-electron chi connectivity index (χ1n) is 5.24. The number of hydrogen-bond donors (Lipinski definition) is 1. The molecule has 0 spiro atoms. The number of aromatic nitrogens is 2. The number of hydrogen-bond acceptors (Lipinski definition) is 5. The number of anilines is 1. The Balaban J connectivity index is 2.22. The molecule has 0 bridgehead atoms. The number of nitrogens with two attached hydrogens (primary N) is 1. The lowest BCUT2D eigenvalue weighted by Crippen LogP contribution is -2.19. The van der Waals surface area contributed by atoms with Gasteiger partial charge < -0.3 is 10.5 Å². The van der Waals surface area contributed by atoms with Crippen molar-refractivity contribution >= 4 is 11.9 Å². The van der Waals surface area contributed by atoms with Crippen LogP contribution in [-0.2, 0) is 10.9 Å². The molecule has 0 atom stereocenters. The van der Waals surface area contributed by atoms with Gasteiger partial charge in [0, 0.05) is 6.20 Å². The first-order valence-corrected chi connectivity index (χ1v) is 5.24. The van der Waals surface area contributed by atoms with Gasteiger partial charge in [-0.15, -0.1) is 0 Å². The van der Waals surface area contributed by atoms with E-state index < -0.39 is 29.4 Å². The number of ether oxygens (including phenoxy) is 1. The summed E-state index contributed by atoms with van der Waals surface area (Å²) >= 11 is 0. The third-order valence-electron chi connectivity index (χ3n) is 2.44. The van der Waals surface area contributed by atoms with Gasteiger partial charge in [-0.25, -0.2) is 14.8 Å². The highest BCUT2D eigenvalue weighted by atomic mass is 19.4. The Kier molecular flexibility index (Phi) is 3.10. The van der Waals surface area contributed by atoms with E-state index in [0.717, 1.165) is 19.0 Å². The minimum Gasteiger partial charge on any atom is -0.462 e. The Morgan fingerprint density at radius 2 is 2.17 bits per heavy atom. The smallest absolute Gasteiger partial charge is 0.434 e. The third-order valence-corrected chi connectivity index (χ3v) is 2.44. The van der Waals surface area contributed by atoms with E-state index in [-0.39, 0.29) is 12.5 Å². The number of esters is 1. The highest BCUT2D eigenvalue weighted by Crippen LogP contribution is 2.32. The minimum absolute atomic E-state index is 0.126. The average molecular weight is 261 g/mol. The summed E-state index contributed by atoms with van der Waals surface area (Å²) in [7, 11) is 0. The Hall–Kier alpha value is -1.86. The van der Waals surface area contributed by atoms with Crippen molar-refractivity contribution in [1.29, 1.82) is 0 Å². The minimum atomic E-state index is -4.77. The van der Waals surface area contributed by atoms with Crippen molar-refractivity contribution in [3.8, 4) is 0 Å². The molecule has 18 heavy (non-hydrogen) atoms. The van der Waals surface area contributed by atoms with Crippen molar-refractivity contribution in [2.75, 3.05) is 12.3 Å². The fraction of sp³-hybridized carbons (Fsp3) is 0.500. The van der Waals surface area contributed by atoms with Gasteiger partial charge in [-0.05, 0) is 18.8 Å². The number of nitrogen functional groups attached to an aromatic ring is 1. The van der Waals surface area contributed by atoms with Crippen molar-refractivity contribution in [3.05, 3.63) is 17.5 Å². The molecule has 1 aromatic heterocycles. The monoisotopic (exact) mass is 261 g/mol. The predicted molar refractivity (Wildman–Crippen MR) is 54.5 cm³/mol. The first-order chi connectivity index (χ1) is 8.38. The van der Waals surface area contributed by atoms with E-state index in [9.17, 15) is 18.0 Å². The van der Waals surface area contributed by atoms with Crippen LogP contribution in [0.25, 0.3) is 0 Å². The fourth-order valence-corrected chi connectivity index (χ4v) is 1.32. The molecule has 0 radical (unpaired) electrons. The van der Waals surface area contributed by atoms with E-state index in [1.54, 1.807) is 0 Å². The van der Waals surface area contributed by atoms with Gasteiger partial charge in [-0.3, -0.25) is 0 Å². The second-order valence-electron chi connectivity index (χ2n) is 4.03. The molecule has 0 unspecified atom stereocenters. The van der Waals surface area contributed by atoms with E-state index in [2.05, 4.69) is 9.97 Å². The zero-order chi connectivity index (χ0) is 13.3. The van der Waals surface area contributed by atoms with Gasteiger partial charge in [0.05, 0.1) is 6.61 Å². The van der Waals surface area contributed by atoms with Crippen LogP contribution in [-0.4, -0.2) is 22.5 Å². The molecular weight excluding hydrogens is 251 g/mol. The maximum absolute atomic E-state index is 12.6. The van der Waals surface area contributed by atoms with Gasteiger partial charge in [0.1, 0.15) is 5.56 Å². The second-order valence-corrected chi connectivity index (χ2v) is 4.03. The van der Waals surface area contributed by atoms with Crippen LogP contribution in [0, 0.1) is 5.92 Å². The summed E-state index contributed by atoms with van der Waals surface area (Å²) in [5, 5.41) is 0. The summed E-state index contributed by atoms with van der Waals surface area (Å²) in [5.74, 6) is -1.35. The van der Waals surface area contributed by atoms with E-state index in [1.165, 1.54) is 0 Å². The lowest BCUT2D eigenvalue weighted by molar-refractivity contribution is -0.141. The molecule has 1 aliphatic carbocycles. The predicted octanol–water partition coefficient (Wildman–Crippen LogP) is 1.64. The van der Waals surface area contributed by atoms with Crippen molar-refractivity contribution in [2.24, 2.45) is 5.92 Å². The molecule has 2 rings (SSSR count). The number of rotatable bonds is 3.